The van der Waals surface area contributed by atoms with Crippen LogP contribution in [0.2, 0.25) is 0 Å². The predicted octanol–water partition coefficient (Wildman–Crippen LogP) is 6.57. The van der Waals surface area contributed by atoms with Crippen molar-refractivity contribution in [2.24, 2.45) is 0 Å². The minimum Gasteiger partial charge on any atom is -0.0622 e. The molecule has 0 fully saturated rings. The molecule has 0 aromatic heterocycles. The normalized spacial score (nSPS) is 13.0. The molecular weight excluding hydrogens is 288 g/mol. The molecule has 0 heteroatoms. The zero-order chi connectivity index (χ0) is 16.5. The smallest absolute Gasteiger partial charge is 0.00135 e. The van der Waals surface area contributed by atoms with Crippen molar-refractivity contribution in [2.45, 2.75) is 26.2 Å². The van der Waals surface area contributed by atoms with Crippen molar-refractivity contribution in [1.29, 1.82) is 0 Å². The lowest BCUT2D eigenvalue weighted by molar-refractivity contribution is 0.867. The number of allylic oxidation sites excluding steroid dienone is 1. The first-order valence-electron chi connectivity index (χ1n) is 8.70. The summed E-state index contributed by atoms with van der Waals surface area (Å²) in [5, 5.41) is 0. The molecule has 0 amide bonds. The summed E-state index contributed by atoms with van der Waals surface area (Å²) < 4.78 is 0. The molecule has 0 saturated heterocycles. The molecule has 0 unspecified atom stereocenters. The van der Waals surface area contributed by atoms with Crippen molar-refractivity contribution in [3.05, 3.63) is 95.1 Å². The van der Waals surface area contributed by atoms with Crippen LogP contribution >= 0.6 is 0 Å². The van der Waals surface area contributed by atoms with E-state index in [0.717, 1.165) is 6.42 Å². The van der Waals surface area contributed by atoms with E-state index in [4.69, 9.17) is 0 Å². The molecule has 0 radical (unpaired) electrons. The molecule has 0 aliphatic heterocycles. The molecule has 0 bridgehead atoms. The molecule has 4 rings (SSSR count). The first kappa shape index (κ1) is 15.0. The lowest BCUT2D eigenvalue weighted by Gasteiger charge is -2.10. The minimum atomic E-state index is 0.574. The van der Waals surface area contributed by atoms with Crippen molar-refractivity contribution < 1.29 is 0 Å². The summed E-state index contributed by atoms with van der Waals surface area (Å²) in [5.74, 6) is 0.574. The lowest BCUT2D eigenvalue weighted by atomic mass is 9.94. The molecule has 1 aliphatic carbocycles. The molecular formula is C24H22. The van der Waals surface area contributed by atoms with E-state index < -0.39 is 0 Å². The van der Waals surface area contributed by atoms with E-state index >= 15 is 0 Å². The van der Waals surface area contributed by atoms with Crippen LogP contribution in [0.1, 0.15) is 42.0 Å². The van der Waals surface area contributed by atoms with Gasteiger partial charge in [0.25, 0.3) is 0 Å². The SMILES string of the molecule is CC(C)c1ccc(-c2cccc3c2C=C(c2ccccc2)C3)cc1. The number of hydrogen-bond donors (Lipinski definition) is 0. The zero-order valence-electron chi connectivity index (χ0n) is 14.3. The van der Waals surface area contributed by atoms with Gasteiger partial charge in [-0.05, 0) is 57.4 Å². The highest BCUT2D eigenvalue weighted by Gasteiger charge is 2.17. The van der Waals surface area contributed by atoms with Gasteiger partial charge in [0.05, 0.1) is 0 Å². The Hall–Kier alpha value is -2.60. The molecule has 1 aliphatic rings. The first-order valence-corrected chi connectivity index (χ1v) is 8.70. The van der Waals surface area contributed by atoms with Gasteiger partial charge in [-0.15, -0.1) is 0 Å². The van der Waals surface area contributed by atoms with Crippen LogP contribution < -0.4 is 0 Å². The fraction of sp³-hybridized carbons (Fsp3) is 0.167. The summed E-state index contributed by atoms with van der Waals surface area (Å²) >= 11 is 0. The van der Waals surface area contributed by atoms with Gasteiger partial charge in [0.2, 0.25) is 0 Å². The number of fused-ring (bicyclic) bond motifs is 1. The van der Waals surface area contributed by atoms with Crippen molar-refractivity contribution in [3.63, 3.8) is 0 Å². The summed E-state index contributed by atoms with van der Waals surface area (Å²) in [7, 11) is 0. The third-order valence-corrected chi connectivity index (χ3v) is 4.93. The standard InChI is InChI=1S/C24H22/c1-17(2)18-11-13-20(14-12-18)23-10-6-9-21-15-22(16-24(21)23)19-7-4-3-5-8-19/h3-14,16-17H,15H2,1-2H3. The summed E-state index contributed by atoms with van der Waals surface area (Å²) in [5.41, 5.74) is 9.60. The van der Waals surface area contributed by atoms with E-state index in [1.54, 1.807) is 0 Å². The Morgan fingerprint density at radius 2 is 1.46 bits per heavy atom. The van der Waals surface area contributed by atoms with Crippen LogP contribution in [-0.2, 0) is 6.42 Å². The lowest BCUT2D eigenvalue weighted by Crippen LogP contribution is -1.90. The molecule has 0 heterocycles. The van der Waals surface area contributed by atoms with Gasteiger partial charge in [-0.1, -0.05) is 86.6 Å². The van der Waals surface area contributed by atoms with Crippen molar-refractivity contribution in [3.8, 4) is 11.1 Å². The third-order valence-electron chi connectivity index (χ3n) is 4.93. The molecule has 118 valence electrons. The predicted molar refractivity (Wildman–Crippen MR) is 104 cm³/mol. The first-order chi connectivity index (χ1) is 11.7. The van der Waals surface area contributed by atoms with Crippen molar-refractivity contribution >= 4 is 11.6 Å². The topological polar surface area (TPSA) is 0 Å². The zero-order valence-corrected chi connectivity index (χ0v) is 14.3. The summed E-state index contributed by atoms with van der Waals surface area (Å²) in [6, 6.07) is 26.4. The molecule has 0 saturated carbocycles. The number of hydrogen-bond acceptors (Lipinski definition) is 0. The maximum atomic E-state index is 2.37. The molecule has 0 nitrogen and oxygen atoms in total. The van der Waals surface area contributed by atoms with E-state index in [1.165, 1.54) is 39.0 Å². The maximum Gasteiger partial charge on any atom is -0.00135 e. The Bertz CT molecular complexity index is 881. The quantitative estimate of drug-likeness (QED) is 0.513. The van der Waals surface area contributed by atoms with Crippen LogP contribution in [0.4, 0.5) is 0 Å². The van der Waals surface area contributed by atoms with E-state index in [0.29, 0.717) is 5.92 Å². The Balaban J connectivity index is 1.75. The molecule has 0 spiro atoms. The van der Waals surface area contributed by atoms with Crippen LogP contribution in [0.15, 0.2) is 72.8 Å². The van der Waals surface area contributed by atoms with Crippen LogP contribution in [0.25, 0.3) is 22.8 Å². The molecule has 0 N–H and O–H groups in total. The Morgan fingerprint density at radius 1 is 0.708 bits per heavy atom. The average molecular weight is 310 g/mol. The highest BCUT2D eigenvalue weighted by atomic mass is 14.2. The van der Waals surface area contributed by atoms with E-state index in [2.05, 4.69) is 92.7 Å². The second-order valence-corrected chi connectivity index (χ2v) is 6.87. The van der Waals surface area contributed by atoms with E-state index in [9.17, 15) is 0 Å². The second-order valence-electron chi connectivity index (χ2n) is 6.87. The van der Waals surface area contributed by atoms with Gasteiger partial charge in [-0.2, -0.15) is 0 Å². The third kappa shape index (κ3) is 2.69. The summed E-state index contributed by atoms with van der Waals surface area (Å²) in [6.45, 7) is 4.48. The number of benzene rings is 3. The average Bonchev–Trinajstić information content (AvgIpc) is 3.07. The molecule has 3 aromatic carbocycles. The summed E-state index contributed by atoms with van der Waals surface area (Å²) in [6.07, 6.45) is 3.40. The van der Waals surface area contributed by atoms with Gasteiger partial charge in [0.1, 0.15) is 0 Å². The molecule has 3 aromatic rings. The Kier molecular flexibility index (Phi) is 3.82. The van der Waals surface area contributed by atoms with E-state index in [1.807, 2.05) is 0 Å². The van der Waals surface area contributed by atoms with Crippen LogP contribution in [0, 0.1) is 0 Å². The van der Waals surface area contributed by atoms with Gasteiger partial charge < -0.3 is 0 Å². The fourth-order valence-corrected chi connectivity index (χ4v) is 3.50. The second kappa shape index (κ2) is 6.13. The van der Waals surface area contributed by atoms with Gasteiger partial charge in [-0.25, -0.2) is 0 Å². The maximum absolute atomic E-state index is 2.37. The highest BCUT2D eigenvalue weighted by molar-refractivity contribution is 5.93. The monoisotopic (exact) mass is 310 g/mol. The molecule has 24 heavy (non-hydrogen) atoms. The van der Waals surface area contributed by atoms with Gasteiger partial charge in [-0.3, -0.25) is 0 Å². The minimum absolute atomic E-state index is 0.574. The van der Waals surface area contributed by atoms with Gasteiger partial charge >= 0.3 is 0 Å². The van der Waals surface area contributed by atoms with Crippen molar-refractivity contribution in [1.82, 2.24) is 0 Å². The highest BCUT2D eigenvalue weighted by Crippen LogP contribution is 2.37. The summed E-state index contributed by atoms with van der Waals surface area (Å²) in [4.78, 5) is 0. The van der Waals surface area contributed by atoms with Gasteiger partial charge in [0, 0.05) is 0 Å². The Labute approximate surface area is 144 Å². The van der Waals surface area contributed by atoms with E-state index in [-0.39, 0.29) is 0 Å². The van der Waals surface area contributed by atoms with Crippen LogP contribution in [0.3, 0.4) is 0 Å². The van der Waals surface area contributed by atoms with Crippen molar-refractivity contribution in [2.75, 3.05) is 0 Å². The van der Waals surface area contributed by atoms with Crippen LogP contribution in [0.5, 0.6) is 0 Å². The van der Waals surface area contributed by atoms with Crippen LogP contribution in [-0.4, -0.2) is 0 Å². The fourth-order valence-electron chi connectivity index (χ4n) is 3.50. The number of rotatable bonds is 3. The molecule has 0 atom stereocenters. The van der Waals surface area contributed by atoms with Gasteiger partial charge in [0.15, 0.2) is 0 Å². The largest absolute Gasteiger partial charge is 0.0622 e. The Morgan fingerprint density at radius 3 is 2.17 bits per heavy atom.